The van der Waals surface area contributed by atoms with Gasteiger partial charge in [0.25, 0.3) is 5.91 Å². The van der Waals surface area contributed by atoms with E-state index < -0.39 is 22.1 Å². The van der Waals surface area contributed by atoms with Gasteiger partial charge < -0.3 is 15.6 Å². The number of amides is 2. The summed E-state index contributed by atoms with van der Waals surface area (Å²) in [6.07, 6.45) is 1.79. The summed E-state index contributed by atoms with van der Waals surface area (Å²) < 4.78 is -1.49. The molecule has 1 aromatic heterocycles. The van der Waals surface area contributed by atoms with Gasteiger partial charge in [-0.05, 0) is 67.1 Å². The average molecular weight is 570 g/mol. The first-order chi connectivity index (χ1) is 16.5. The van der Waals surface area contributed by atoms with Crippen molar-refractivity contribution in [2.75, 3.05) is 10.6 Å². The Kier molecular flexibility index (Phi) is 7.55. The molecule has 1 heterocycles. The molecule has 3 N–H and O–H groups in total. The molecule has 0 spiro atoms. The summed E-state index contributed by atoms with van der Waals surface area (Å²) in [5.41, 5.74) is 2.46. The number of hydrogen-bond acceptors (Lipinski definition) is 2. The van der Waals surface area contributed by atoms with Gasteiger partial charge in [0.15, 0.2) is 0 Å². The van der Waals surface area contributed by atoms with E-state index in [1.807, 2.05) is 18.2 Å². The van der Waals surface area contributed by atoms with Gasteiger partial charge >= 0.3 is 0 Å². The van der Waals surface area contributed by atoms with Crippen molar-refractivity contribution in [3.63, 3.8) is 0 Å². The molecule has 0 saturated carbocycles. The molecule has 0 aliphatic rings. The van der Waals surface area contributed by atoms with Gasteiger partial charge in [-0.25, -0.2) is 0 Å². The summed E-state index contributed by atoms with van der Waals surface area (Å²) in [6.45, 7) is 1.50. The number of anilines is 2. The quantitative estimate of drug-likeness (QED) is 0.204. The second-order valence-corrected chi connectivity index (χ2v) is 11.0. The number of aromatic nitrogens is 1. The smallest absolute Gasteiger partial charge is 0.257 e. The number of aromatic amines is 1. The molecule has 0 aliphatic heterocycles. The van der Waals surface area contributed by atoms with E-state index in [9.17, 15) is 9.59 Å². The maximum Gasteiger partial charge on any atom is 0.257 e. The molecule has 0 fully saturated rings. The van der Waals surface area contributed by atoms with Crippen LogP contribution in [0.2, 0.25) is 15.1 Å². The Bertz CT molecular complexity index is 1410. The lowest BCUT2D eigenvalue weighted by Gasteiger charge is -2.26. The lowest BCUT2D eigenvalue weighted by atomic mass is 9.94. The van der Waals surface area contributed by atoms with E-state index >= 15 is 0 Å². The highest BCUT2D eigenvalue weighted by molar-refractivity contribution is 6.50. The van der Waals surface area contributed by atoms with Crippen molar-refractivity contribution in [1.82, 2.24) is 4.98 Å². The Morgan fingerprint density at radius 1 is 0.914 bits per heavy atom. The summed E-state index contributed by atoms with van der Waals surface area (Å²) >= 11 is 31.3. The third-order valence-corrected chi connectivity index (χ3v) is 6.51. The van der Waals surface area contributed by atoms with Crippen LogP contribution >= 0.6 is 58.0 Å². The summed E-state index contributed by atoms with van der Waals surface area (Å²) in [5.74, 6) is -1.96. The average Bonchev–Trinajstić information content (AvgIpc) is 3.23. The molecule has 4 rings (SSSR count). The van der Waals surface area contributed by atoms with Crippen LogP contribution in [0.15, 0.2) is 66.9 Å². The van der Waals surface area contributed by atoms with Gasteiger partial charge in [-0.3, -0.25) is 9.59 Å². The molecule has 3 aromatic carbocycles. The maximum atomic E-state index is 13.3. The Morgan fingerprint density at radius 2 is 1.63 bits per heavy atom. The summed E-state index contributed by atoms with van der Waals surface area (Å²) in [7, 11) is 0. The Balaban J connectivity index is 1.60. The monoisotopic (exact) mass is 567 g/mol. The molecule has 0 radical (unpaired) electrons. The molecule has 35 heavy (non-hydrogen) atoms. The predicted octanol–water partition coefficient (Wildman–Crippen LogP) is 8.30. The predicted molar refractivity (Wildman–Crippen MR) is 146 cm³/mol. The molecule has 4 aromatic rings. The van der Waals surface area contributed by atoms with Crippen LogP contribution in [-0.2, 0) is 4.79 Å². The number of H-pyrrole nitrogens is 1. The third kappa shape index (κ3) is 5.88. The standard InChI is InChI=1S/C25H18Cl5N3O2/c1-25(29,30)22(13-9-14(26)11-15(27)10-13)24(35)32-16-5-6-19(28)18(12-16)23(34)33-21-4-2-3-20-17(21)7-8-31-20/h2-12,22,31H,1H3,(H,32,35)(H,33,34). The summed E-state index contributed by atoms with van der Waals surface area (Å²) in [4.78, 5) is 29.4. The minimum atomic E-state index is -1.49. The fourth-order valence-electron chi connectivity index (χ4n) is 3.79. The highest BCUT2D eigenvalue weighted by Crippen LogP contribution is 2.40. The van der Waals surface area contributed by atoms with Gasteiger partial charge in [0.2, 0.25) is 5.91 Å². The van der Waals surface area contributed by atoms with Crippen LogP contribution in [-0.4, -0.2) is 21.1 Å². The number of carbonyl (C=O) groups excluding carboxylic acids is 2. The molecule has 10 heteroatoms. The van der Waals surface area contributed by atoms with Crippen LogP contribution < -0.4 is 10.6 Å². The second-order valence-electron chi connectivity index (χ2n) is 7.97. The molecular formula is C25H18Cl5N3O2. The number of benzene rings is 3. The molecule has 180 valence electrons. The van der Waals surface area contributed by atoms with E-state index in [2.05, 4.69) is 15.6 Å². The van der Waals surface area contributed by atoms with E-state index in [1.54, 1.807) is 36.5 Å². The molecular weight excluding hydrogens is 552 g/mol. The van der Waals surface area contributed by atoms with Crippen LogP contribution in [0.5, 0.6) is 0 Å². The van der Waals surface area contributed by atoms with Crippen LogP contribution in [0.4, 0.5) is 11.4 Å². The van der Waals surface area contributed by atoms with Crippen LogP contribution in [0.3, 0.4) is 0 Å². The Hall–Kier alpha value is -2.41. The molecule has 1 unspecified atom stereocenters. The first-order valence-corrected chi connectivity index (χ1v) is 12.2. The fourth-order valence-corrected chi connectivity index (χ4v) is 4.99. The molecule has 0 saturated heterocycles. The van der Waals surface area contributed by atoms with E-state index in [1.165, 1.54) is 19.1 Å². The zero-order valence-corrected chi connectivity index (χ0v) is 21.9. The number of nitrogens with one attached hydrogen (secondary N) is 3. The maximum absolute atomic E-state index is 13.3. The van der Waals surface area contributed by atoms with Crippen molar-refractivity contribution in [2.24, 2.45) is 0 Å². The SMILES string of the molecule is CC(Cl)(Cl)C(C(=O)Nc1ccc(Cl)c(C(=O)Nc2cccc3[nH]ccc23)c1)c1cc(Cl)cc(Cl)c1. The molecule has 2 amide bonds. The van der Waals surface area contributed by atoms with Crippen LogP contribution in [0, 0.1) is 0 Å². The topological polar surface area (TPSA) is 74.0 Å². The van der Waals surface area contributed by atoms with E-state index in [0.717, 1.165) is 10.9 Å². The van der Waals surface area contributed by atoms with E-state index in [-0.39, 0.29) is 10.6 Å². The lowest BCUT2D eigenvalue weighted by Crippen LogP contribution is -2.32. The minimum Gasteiger partial charge on any atom is -0.361 e. The zero-order valence-electron chi connectivity index (χ0n) is 18.1. The van der Waals surface area contributed by atoms with Crippen molar-refractivity contribution in [2.45, 2.75) is 17.2 Å². The Morgan fingerprint density at radius 3 is 2.31 bits per heavy atom. The molecule has 5 nitrogen and oxygen atoms in total. The van der Waals surface area contributed by atoms with E-state index in [0.29, 0.717) is 27.0 Å². The minimum absolute atomic E-state index is 0.180. The van der Waals surface area contributed by atoms with Crippen molar-refractivity contribution >= 4 is 92.1 Å². The van der Waals surface area contributed by atoms with Crippen molar-refractivity contribution in [1.29, 1.82) is 0 Å². The summed E-state index contributed by atoms with van der Waals surface area (Å²) in [5, 5.41) is 7.38. The first-order valence-electron chi connectivity index (χ1n) is 10.3. The van der Waals surface area contributed by atoms with Gasteiger partial charge in [-0.2, -0.15) is 0 Å². The third-order valence-electron chi connectivity index (χ3n) is 5.31. The van der Waals surface area contributed by atoms with Crippen LogP contribution in [0.25, 0.3) is 10.9 Å². The highest BCUT2D eigenvalue weighted by Gasteiger charge is 2.37. The Labute approximate surface area is 226 Å². The van der Waals surface area contributed by atoms with Gasteiger partial charge in [-0.1, -0.05) is 40.9 Å². The van der Waals surface area contributed by atoms with Crippen LogP contribution in [0.1, 0.15) is 28.8 Å². The summed E-state index contributed by atoms with van der Waals surface area (Å²) in [6, 6.07) is 16.6. The van der Waals surface area contributed by atoms with Gasteiger partial charge in [-0.15, -0.1) is 23.2 Å². The van der Waals surface area contributed by atoms with Crippen molar-refractivity contribution in [3.05, 3.63) is 93.1 Å². The van der Waals surface area contributed by atoms with Gasteiger partial charge in [0.05, 0.1) is 22.2 Å². The fraction of sp³-hybridized carbons (Fsp3) is 0.120. The lowest BCUT2D eigenvalue weighted by molar-refractivity contribution is -0.117. The van der Waals surface area contributed by atoms with Gasteiger partial charge in [0, 0.05) is 32.8 Å². The number of halogens is 5. The number of rotatable bonds is 6. The highest BCUT2D eigenvalue weighted by atomic mass is 35.5. The first kappa shape index (κ1) is 25.7. The normalized spacial score (nSPS) is 12.4. The van der Waals surface area contributed by atoms with Gasteiger partial charge in [0.1, 0.15) is 4.33 Å². The number of carbonyl (C=O) groups is 2. The molecule has 0 aliphatic carbocycles. The largest absolute Gasteiger partial charge is 0.361 e. The number of fused-ring (bicyclic) bond motifs is 1. The second kappa shape index (κ2) is 10.3. The molecule has 0 bridgehead atoms. The zero-order chi connectivity index (χ0) is 25.3. The van der Waals surface area contributed by atoms with Crippen molar-refractivity contribution < 1.29 is 9.59 Å². The molecule has 1 atom stereocenters. The number of hydrogen-bond donors (Lipinski definition) is 3. The van der Waals surface area contributed by atoms with E-state index in [4.69, 9.17) is 58.0 Å². The number of alkyl halides is 2. The van der Waals surface area contributed by atoms with Crippen molar-refractivity contribution in [3.8, 4) is 0 Å².